The fourth-order valence-electron chi connectivity index (χ4n) is 2.90. The first-order valence-corrected chi connectivity index (χ1v) is 7.99. The van der Waals surface area contributed by atoms with Crippen molar-refractivity contribution in [1.29, 1.82) is 0 Å². The Bertz CT molecular complexity index is 407. The van der Waals surface area contributed by atoms with Crippen molar-refractivity contribution in [3.8, 4) is 5.75 Å². The van der Waals surface area contributed by atoms with Gasteiger partial charge in [0.05, 0.1) is 0 Å². The molecule has 1 saturated heterocycles. The smallest absolute Gasteiger partial charge is 0.119 e. The van der Waals surface area contributed by atoms with Gasteiger partial charge >= 0.3 is 0 Å². The molecule has 0 saturated carbocycles. The summed E-state index contributed by atoms with van der Waals surface area (Å²) in [5.41, 5.74) is 6.82. The second-order valence-corrected chi connectivity index (χ2v) is 6.07. The predicted molar refractivity (Wildman–Crippen MR) is 87.8 cm³/mol. The lowest BCUT2D eigenvalue weighted by molar-refractivity contribution is 0.190. The van der Waals surface area contributed by atoms with Crippen molar-refractivity contribution in [3.63, 3.8) is 0 Å². The number of rotatable bonds is 8. The molecule has 4 heteroatoms. The Morgan fingerprint density at radius 3 is 2.71 bits per heavy atom. The van der Waals surface area contributed by atoms with Crippen molar-refractivity contribution >= 4 is 0 Å². The summed E-state index contributed by atoms with van der Waals surface area (Å²) in [6, 6.07) is 8.98. The van der Waals surface area contributed by atoms with Crippen molar-refractivity contribution in [2.24, 2.45) is 5.73 Å². The SMILES string of the molecule is CN(CCOc1ccc(CCN)cc1)CC1CCCN1C. The Hall–Kier alpha value is -1.10. The number of ether oxygens (including phenoxy) is 1. The van der Waals surface area contributed by atoms with Crippen molar-refractivity contribution in [2.45, 2.75) is 25.3 Å². The third-order valence-corrected chi connectivity index (χ3v) is 4.29. The molecule has 1 aliphatic heterocycles. The molecule has 1 aromatic rings. The van der Waals surface area contributed by atoms with Gasteiger partial charge in [-0.05, 0) is 64.1 Å². The van der Waals surface area contributed by atoms with Crippen molar-refractivity contribution in [1.82, 2.24) is 9.80 Å². The van der Waals surface area contributed by atoms with Crippen LogP contribution in [-0.2, 0) is 6.42 Å². The molecule has 1 atom stereocenters. The van der Waals surface area contributed by atoms with Gasteiger partial charge in [-0.15, -0.1) is 0 Å². The first-order valence-electron chi connectivity index (χ1n) is 7.99. The van der Waals surface area contributed by atoms with Crippen LogP contribution in [0.2, 0.25) is 0 Å². The van der Waals surface area contributed by atoms with E-state index in [0.717, 1.165) is 31.9 Å². The number of benzene rings is 1. The van der Waals surface area contributed by atoms with E-state index in [-0.39, 0.29) is 0 Å². The van der Waals surface area contributed by atoms with Gasteiger partial charge in [0.15, 0.2) is 0 Å². The summed E-state index contributed by atoms with van der Waals surface area (Å²) < 4.78 is 5.81. The van der Waals surface area contributed by atoms with E-state index < -0.39 is 0 Å². The second kappa shape index (κ2) is 8.37. The van der Waals surface area contributed by atoms with E-state index in [1.165, 1.54) is 24.9 Å². The Morgan fingerprint density at radius 2 is 2.10 bits per heavy atom. The minimum atomic E-state index is 0.695. The number of likely N-dealkylation sites (N-methyl/N-ethyl adjacent to an activating group) is 2. The van der Waals surface area contributed by atoms with Crippen LogP contribution < -0.4 is 10.5 Å². The Morgan fingerprint density at radius 1 is 1.33 bits per heavy atom. The molecule has 0 radical (unpaired) electrons. The van der Waals surface area contributed by atoms with E-state index in [9.17, 15) is 0 Å². The van der Waals surface area contributed by atoms with E-state index in [1.54, 1.807) is 0 Å². The zero-order valence-corrected chi connectivity index (χ0v) is 13.4. The Kier molecular flexibility index (Phi) is 6.49. The minimum absolute atomic E-state index is 0.695. The van der Waals surface area contributed by atoms with Gasteiger partial charge in [0, 0.05) is 19.1 Å². The quantitative estimate of drug-likeness (QED) is 0.790. The summed E-state index contributed by atoms with van der Waals surface area (Å²) in [6.07, 6.45) is 3.59. The maximum absolute atomic E-state index is 5.81. The first-order chi connectivity index (χ1) is 10.2. The van der Waals surface area contributed by atoms with Gasteiger partial charge in [-0.25, -0.2) is 0 Å². The van der Waals surface area contributed by atoms with Gasteiger partial charge in [0.1, 0.15) is 12.4 Å². The molecule has 0 amide bonds. The lowest BCUT2D eigenvalue weighted by Crippen LogP contribution is -2.38. The highest BCUT2D eigenvalue weighted by Crippen LogP contribution is 2.15. The summed E-state index contributed by atoms with van der Waals surface area (Å²) in [7, 11) is 4.41. The van der Waals surface area contributed by atoms with E-state index >= 15 is 0 Å². The summed E-state index contributed by atoms with van der Waals surface area (Å²) in [6.45, 7) is 4.78. The lowest BCUT2D eigenvalue weighted by atomic mass is 10.1. The second-order valence-electron chi connectivity index (χ2n) is 6.07. The van der Waals surface area contributed by atoms with Crippen molar-refractivity contribution < 1.29 is 4.74 Å². The van der Waals surface area contributed by atoms with Crippen LogP contribution in [0, 0.1) is 0 Å². The molecular weight excluding hydrogens is 262 g/mol. The van der Waals surface area contributed by atoms with Gasteiger partial charge < -0.3 is 20.3 Å². The van der Waals surface area contributed by atoms with Crippen molar-refractivity contribution in [2.75, 3.05) is 46.9 Å². The fraction of sp³-hybridized carbons (Fsp3) is 0.647. The molecule has 1 aliphatic rings. The number of nitrogens with zero attached hydrogens (tertiary/aromatic N) is 2. The molecule has 0 aliphatic carbocycles. The molecule has 1 fully saturated rings. The molecule has 0 aromatic heterocycles. The molecule has 2 rings (SSSR count). The fourth-order valence-corrected chi connectivity index (χ4v) is 2.90. The molecule has 1 unspecified atom stereocenters. The van der Waals surface area contributed by atoms with Gasteiger partial charge in [0.2, 0.25) is 0 Å². The molecule has 0 spiro atoms. The number of likely N-dealkylation sites (tertiary alicyclic amines) is 1. The zero-order chi connectivity index (χ0) is 15.1. The van der Waals surface area contributed by atoms with Crippen LogP contribution in [-0.4, -0.2) is 62.7 Å². The first kappa shape index (κ1) is 16.3. The summed E-state index contributed by atoms with van der Waals surface area (Å²) >= 11 is 0. The van der Waals surface area contributed by atoms with Crippen LogP contribution in [0.3, 0.4) is 0 Å². The largest absolute Gasteiger partial charge is 0.492 e. The third kappa shape index (κ3) is 5.30. The predicted octanol–water partition coefficient (Wildman–Crippen LogP) is 1.59. The van der Waals surface area contributed by atoms with Crippen LogP contribution in [0.5, 0.6) is 5.75 Å². The van der Waals surface area contributed by atoms with Gasteiger partial charge in [0.25, 0.3) is 0 Å². The lowest BCUT2D eigenvalue weighted by Gasteiger charge is -2.25. The Balaban J connectivity index is 1.66. The van der Waals surface area contributed by atoms with Crippen LogP contribution >= 0.6 is 0 Å². The van der Waals surface area contributed by atoms with Crippen molar-refractivity contribution in [3.05, 3.63) is 29.8 Å². The van der Waals surface area contributed by atoms with E-state index in [0.29, 0.717) is 12.6 Å². The molecular formula is C17H29N3O. The molecule has 1 aromatic carbocycles. The third-order valence-electron chi connectivity index (χ3n) is 4.29. The Labute approximate surface area is 128 Å². The maximum atomic E-state index is 5.81. The van der Waals surface area contributed by atoms with Crippen LogP contribution in [0.4, 0.5) is 0 Å². The normalized spacial score (nSPS) is 19.3. The molecule has 0 bridgehead atoms. The highest BCUT2D eigenvalue weighted by Gasteiger charge is 2.21. The molecule has 21 heavy (non-hydrogen) atoms. The highest BCUT2D eigenvalue weighted by molar-refractivity contribution is 5.27. The van der Waals surface area contributed by atoms with E-state index in [1.807, 2.05) is 12.1 Å². The van der Waals surface area contributed by atoms with Crippen LogP contribution in [0.15, 0.2) is 24.3 Å². The topological polar surface area (TPSA) is 41.7 Å². The molecule has 1 heterocycles. The van der Waals surface area contributed by atoms with Crippen LogP contribution in [0.25, 0.3) is 0 Å². The maximum Gasteiger partial charge on any atom is 0.119 e. The number of hydrogen-bond donors (Lipinski definition) is 1. The molecule has 4 nitrogen and oxygen atoms in total. The van der Waals surface area contributed by atoms with Crippen LogP contribution in [0.1, 0.15) is 18.4 Å². The van der Waals surface area contributed by atoms with E-state index in [4.69, 9.17) is 10.5 Å². The minimum Gasteiger partial charge on any atom is -0.492 e. The molecule has 118 valence electrons. The highest BCUT2D eigenvalue weighted by atomic mass is 16.5. The van der Waals surface area contributed by atoms with Gasteiger partial charge in [-0.3, -0.25) is 0 Å². The van der Waals surface area contributed by atoms with E-state index in [2.05, 4.69) is 36.0 Å². The average Bonchev–Trinajstić information content (AvgIpc) is 2.86. The summed E-state index contributed by atoms with van der Waals surface area (Å²) in [5, 5.41) is 0. The molecule has 2 N–H and O–H groups in total. The summed E-state index contributed by atoms with van der Waals surface area (Å²) in [4.78, 5) is 4.84. The average molecular weight is 291 g/mol. The summed E-state index contributed by atoms with van der Waals surface area (Å²) in [5.74, 6) is 0.946. The van der Waals surface area contributed by atoms with Gasteiger partial charge in [-0.2, -0.15) is 0 Å². The monoisotopic (exact) mass is 291 g/mol. The zero-order valence-electron chi connectivity index (χ0n) is 13.4. The number of nitrogens with two attached hydrogens (primary N) is 1. The number of hydrogen-bond acceptors (Lipinski definition) is 4. The van der Waals surface area contributed by atoms with Gasteiger partial charge in [-0.1, -0.05) is 12.1 Å². The standard InChI is InChI=1S/C17H29N3O/c1-19(14-16-4-3-11-20(16)2)12-13-21-17-7-5-15(6-8-17)9-10-18/h5-8,16H,3-4,9-14,18H2,1-2H3.